The summed E-state index contributed by atoms with van der Waals surface area (Å²) in [7, 11) is 4.10. The van der Waals surface area contributed by atoms with Crippen LogP contribution >= 0.6 is 0 Å². The summed E-state index contributed by atoms with van der Waals surface area (Å²) in [5, 5.41) is 14.3. The number of benzene rings is 1. The zero-order chi connectivity index (χ0) is 16.8. The molecular formula is C16H27N3O3. The third-order valence-electron chi connectivity index (χ3n) is 3.22. The van der Waals surface area contributed by atoms with Crippen LogP contribution in [0.25, 0.3) is 0 Å². The lowest BCUT2D eigenvalue weighted by Gasteiger charge is -2.28. The van der Waals surface area contributed by atoms with E-state index in [-0.39, 0.29) is 16.0 Å². The van der Waals surface area contributed by atoms with Gasteiger partial charge in [0.2, 0.25) is 0 Å². The Balaban J connectivity index is 2.74. The maximum atomic E-state index is 10.9. The number of rotatable bonds is 9. The van der Waals surface area contributed by atoms with Crippen molar-refractivity contribution in [2.45, 2.75) is 27.3 Å². The summed E-state index contributed by atoms with van der Waals surface area (Å²) in [5.41, 5.74) is 1.03. The predicted octanol–water partition coefficient (Wildman–Crippen LogP) is 2.67. The van der Waals surface area contributed by atoms with Crippen LogP contribution in [-0.2, 0) is 6.54 Å². The lowest BCUT2D eigenvalue weighted by Crippen LogP contribution is -2.37. The lowest BCUT2D eigenvalue weighted by molar-refractivity contribution is -0.384. The van der Waals surface area contributed by atoms with E-state index in [4.69, 9.17) is 4.74 Å². The van der Waals surface area contributed by atoms with E-state index in [1.54, 1.807) is 12.1 Å². The van der Waals surface area contributed by atoms with E-state index in [0.29, 0.717) is 18.9 Å². The van der Waals surface area contributed by atoms with Crippen LogP contribution in [0.1, 0.15) is 26.3 Å². The van der Waals surface area contributed by atoms with Crippen LogP contribution in [0, 0.1) is 15.5 Å². The first kappa shape index (κ1) is 18.4. The molecule has 1 aromatic rings. The molecule has 0 saturated carbocycles. The topological polar surface area (TPSA) is 67.6 Å². The first-order valence-corrected chi connectivity index (χ1v) is 7.51. The molecule has 0 radical (unpaired) electrons. The lowest BCUT2D eigenvalue weighted by atomic mass is 9.93. The number of hydrogen-bond acceptors (Lipinski definition) is 5. The van der Waals surface area contributed by atoms with Gasteiger partial charge in [0.15, 0.2) is 0 Å². The average Bonchev–Trinajstić information content (AvgIpc) is 2.38. The summed E-state index contributed by atoms with van der Waals surface area (Å²) in [5.74, 6) is 0.700. The van der Waals surface area contributed by atoms with Gasteiger partial charge in [-0.15, -0.1) is 0 Å². The summed E-state index contributed by atoms with van der Waals surface area (Å²) in [6.45, 7) is 9.16. The molecule has 0 atom stereocenters. The second kappa shape index (κ2) is 8.10. The minimum Gasteiger partial charge on any atom is -0.494 e. The molecule has 0 aromatic heterocycles. The van der Waals surface area contributed by atoms with E-state index in [1.807, 2.05) is 6.92 Å². The van der Waals surface area contributed by atoms with Crippen LogP contribution in [0.2, 0.25) is 0 Å². The quantitative estimate of drug-likeness (QED) is 0.561. The Hall–Kier alpha value is -1.66. The van der Waals surface area contributed by atoms with Crippen LogP contribution < -0.4 is 10.1 Å². The smallest absolute Gasteiger partial charge is 0.270 e. The molecule has 22 heavy (non-hydrogen) atoms. The number of nitro groups is 1. The summed E-state index contributed by atoms with van der Waals surface area (Å²) < 4.78 is 5.55. The predicted molar refractivity (Wildman–Crippen MR) is 88.3 cm³/mol. The Kier molecular flexibility index (Phi) is 6.77. The molecular weight excluding hydrogens is 282 g/mol. The zero-order valence-corrected chi connectivity index (χ0v) is 14.2. The van der Waals surface area contributed by atoms with Crippen molar-refractivity contribution in [1.82, 2.24) is 10.2 Å². The van der Waals surface area contributed by atoms with Gasteiger partial charge in [-0.25, -0.2) is 0 Å². The minimum absolute atomic E-state index is 0.0906. The molecule has 0 aliphatic heterocycles. The SMILES string of the molecule is CCOc1ccc([N+](=O)[O-])cc1CNCC(C)(C)CN(C)C. The summed E-state index contributed by atoms with van der Waals surface area (Å²) in [6.07, 6.45) is 0. The number of nitrogens with zero attached hydrogens (tertiary/aromatic N) is 2. The van der Waals surface area contributed by atoms with Gasteiger partial charge in [0.1, 0.15) is 5.75 Å². The molecule has 1 aromatic carbocycles. The van der Waals surface area contributed by atoms with Gasteiger partial charge in [-0.1, -0.05) is 13.8 Å². The fourth-order valence-corrected chi connectivity index (χ4v) is 2.56. The fraction of sp³-hybridized carbons (Fsp3) is 0.625. The summed E-state index contributed by atoms with van der Waals surface area (Å²) in [6, 6.07) is 4.73. The molecule has 0 heterocycles. The molecule has 0 spiro atoms. The molecule has 0 aliphatic carbocycles. The third-order valence-corrected chi connectivity index (χ3v) is 3.22. The van der Waals surface area contributed by atoms with Crippen LogP contribution in [0.15, 0.2) is 18.2 Å². The van der Waals surface area contributed by atoms with Crippen LogP contribution in [0.3, 0.4) is 0 Å². The molecule has 6 heteroatoms. The largest absolute Gasteiger partial charge is 0.494 e. The van der Waals surface area contributed by atoms with Gasteiger partial charge in [0, 0.05) is 37.3 Å². The Labute approximate surface area is 132 Å². The summed E-state index contributed by atoms with van der Waals surface area (Å²) >= 11 is 0. The van der Waals surface area contributed by atoms with Crippen molar-refractivity contribution in [1.29, 1.82) is 0 Å². The molecule has 124 valence electrons. The second-order valence-electron chi connectivity index (χ2n) is 6.49. The van der Waals surface area contributed by atoms with Crippen molar-refractivity contribution in [2.75, 3.05) is 33.8 Å². The van der Waals surface area contributed by atoms with Gasteiger partial charge in [-0.3, -0.25) is 10.1 Å². The molecule has 6 nitrogen and oxygen atoms in total. The van der Waals surface area contributed by atoms with Crippen molar-refractivity contribution in [3.05, 3.63) is 33.9 Å². The molecule has 0 amide bonds. The van der Waals surface area contributed by atoms with Gasteiger partial charge in [-0.05, 0) is 32.5 Å². The highest BCUT2D eigenvalue weighted by Gasteiger charge is 2.19. The standard InChI is InChI=1S/C16H27N3O3/c1-6-22-15-8-7-14(19(20)21)9-13(15)10-17-11-16(2,3)12-18(4)5/h7-9,17H,6,10-12H2,1-5H3. The molecule has 0 aliphatic rings. The summed E-state index contributed by atoms with van der Waals surface area (Å²) in [4.78, 5) is 12.7. The molecule has 0 saturated heterocycles. The zero-order valence-electron chi connectivity index (χ0n) is 14.2. The van der Waals surface area contributed by atoms with Gasteiger partial charge in [0.05, 0.1) is 11.5 Å². The highest BCUT2D eigenvalue weighted by molar-refractivity contribution is 5.43. The van der Waals surface area contributed by atoms with Crippen molar-refractivity contribution in [3.8, 4) is 5.75 Å². The Morgan fingerprint density at radius 1 is 1.36 bits per heavy atom. The van der Waals surface area contributed by atoms with Crippen molar-refractivity contribution in [2.24, 2.45) is 5.41 Å². The average molecular weight is 309 g/mol. The third kappa shape index (κ3) is 5.99. The first-order valence-electron chi connectivity index (χ1n) is 7.51. The van der Waals surface area contributed by atoms with E-state index in [9.17, 15) is 10.1 Å². The minimum atomic E-state index is -0.380. The number of nitrogens with one attached hydrogen (secondary N) is 1. The normalized spacial score (nSPS) is 11.7. The van der Waals surface area contributed by atoms with E-state index in [2.05, 4.69) is 38.2 Å². The van der Waals surface area contributed by atoms with Crippen molar-refractivity contribution < 1.29 is 9.66 Å². The Bertz CT molecular complexity index is 501. The Morgan fingerprint density at radius 2 is 2.05 bits per heavy atom. The number of ether oxygens (including phenoxy) is 1. The molecule has 0 unspecified atom stereocenters. The van der Waals surface area contributed by atoms with E-state index < -0.39 is 0 Å². The first-order chi connectivity index (χ1) is 10.2. The Morgan fingerprint density at radius 3 is 2.59 bits per heavy atom. The maximum Gasteiger partial charge on any atom is 0.270 e. The highest BCUT2D eigenvalue weighted by Crippen LogP contribution is 2.24. The van der Waals surface area contributed by atoms with Gasteiger partial charge >= 0.3 is 0 Å². The molecule has 0 fully saturated rings. The van der Waals surface area contributed by atoms with Crippen molar-refractivity contribution >= 4 is 5.69 Å². The number of nitro benzene ring substituents is 1. The van der Waals surface area contributed by atoms with Crippen molar-refractivity contribution in [3.63, 3.8) is 0 Å². The number of hydrogen-bond donors (Lipinski definition) is 1. The van der Waals surface area contributed by atoms with Gasteiger partial charge in [-0.2, -0.15) is 0 Å². The van der Waals surface area contributed by atoms with Gasteiger partial charge < -0.3 is 15.0 Å². The van der Waals surface area contributed by atoms with E-state index in [0.717, 1.165) is 18.7 Å². The number of non-ortho nitro benzene ring substituents is 1. The van der Waals surface area contributed by atoms with Crippen LogP contribution in [-0.4, -0.2) is 43.6 Å². The fourth-order valence-electron chi connectivity index (χ4n) is 2.56. The van der Waals surface area contributed by atoms with Crippen LogP contribution in [0.4, 0.5) is 5.69 Å². The highest BCUT2D eigenvalue weighted by atomic mass is 16.6. The maximum absolute atomic E-state index is 10.9. The van der Waals surface area contributed by atoms with Gasteiger partial charge in [0.25, 0.3) is 5.69 Å². The molecule has 1 rings (SSSR count). The molecule has 1 N–H and O–H groups in total. The van der Waals surface area contributed by atoms with Crippen LogP contribution in [0.5, 0.6) is 5.75 Å². The monoisotopic (exact) mass is 309 g/mol. The van der Waals surface area contributed by atoms with E-state index >= 15 is 0 Å². The second-order valence-corrected chi connectivity index (χ2v) is 6.49. The van der Waals surface area contributed by atoms with E-state index in [1.165, 1.54) is 6.07 Å². The molecule has 0 bridgehead atoms.